The number of nitrogens with two attached hydrogens (primary N) is 1. The van der Waals surface area contributed by atoms with E-state index in [1.807, 2.05) is 0 Å². The highest BCUT2D eigenvalue weighted by molar-refractivity contribution is 7.89. The third-order valence-corrected chi connectivity index (χ3v) is 5.94. The van der Waals surface area contributed by atoms with E-state index >= 15 is 0 Å². The van der Waals surface area contributed by atoms with E-state index < -0.39 is 14.9 Å². The van der Waals surface area contributed by atoms with E-state index in [0.29, 0.717) is 17.8 Å². The molecule has 0 amide bonds. The Morgan fingerprint density at radius 1 is 1.00 bits per heavy atom. The minimum atomic E-state index is -3.83. The average Bonchev–Trinajstić information content (AvgIpc) is 3.19. The van der Waals surface area contributed by atoms with Crippen LogP contribution in [-0.2, 0) is 10.0 Å². The third-order valence-electron chi connectivity index (χ3n) is 5.01. The highest BCUT2D eigenvalue weighted by Crippen LogP contribution is 2.37. The highest BCUT2D eigenvalue weighted by Gasteiger charge is 2.30. The van der Waals surface area contributed by atoms with E-state index in [1.54, 1.807) is 41.4 Å². The zero-order chi connectivity index (χ0) is 22.2. The van der Waals surface area contributed by atoms with Gasteiger partial charge in [0.1, 0.15) is 5.82 Å². The first-order valence-corrected chi connectivity index (χ1v) is 10.8. The van der Waals surface area contributed by atoms with Crippen LogP contribution in [0.3, 0.4) is 0 Å². The zero-order valence-electron chi connectivity index (χ0n) is 16.1. The summed E-state index contributed by atoms with van der Waals surface area (Å²) in [5.74, 6) is -0.359. The molecule has 0 saturated carbocycles. The number of halogens is 1. The summed E-state index contributed by atoms with van der Waals surface area (Å²) in [6.45, 7) is 0. The quantitative estimate of drug-likeness (QED) is 0.479. The molecule has 1 unspecified atom stereocenters. The molecule has 1 heterocycles. The Bertz CT molecular complexity index is 1260. The van der Waals surface area contributed by atoms with Crippen molar-refractivity contribution in [2.75, 3.05) is 5.01 Å². The summed E-state index contributed by atoms with van der Waals surface area (Å²) in [6, 6.07) is 17.9. The first-order chi connectivity index (χ1) is 14.7. The molecule has 158 valence electrons. The standard InChI is InChI=1S/C21H17FN4O4S/c22-16-5-1-15(2-6-16)21-13-20(14-3-7-18(8-4-14)26(27)28)24-25(21)17-9-11-19(12-10-17)31(23,29)30/h1-12,21H,13H2,(H2,23,29,30). The number of hydrogen-bond donors (Lipinski definition) is 1. The molecule has 0 aromatic heterocycles. The van der Waals surface area contributed by atoms with Gasteiger partial charge in [-0.1, -0.05) is 12.1 Å². The van der Waals surface area contributed by atoms with Crippen molar-refractivity contribution in [3.05, 3.63) is 99.9 Å². The molecule has 1 aliphatic heterocycles. The number of hydrogen-bond acceptors (Lipinski definition) is 6. The average molecular weight is 440 g/mol. The third kappa shape index (κ3) is 4.30. The van der Waals surface area contributed by atoms with Crippen molar-refractivity contribution in [1.29, 1.82) is 0 Å². The van der Waals surface area contributed by atoms with Crippen molar-refractivity contribution in [2.45, 2.75) is 17.4 Å². The Morgan fingerprint density at radius 3 is 2.16 bits per heavy atom. The number of benzene rings is 3. The number of nitro groups is 1. The maximum Gasteiger partial charge on any atom is 0.269 e. The first kappa shape index (κ1) is 20.6. The lowest BCUT2D eigenvalue weighted by molar-refractivity contribution is -0.384. The molecule has 3 aromatic rings. The van der Waals surface area contributed by atoms with Crippen molar-refractivity contribution in [2.24, 2.45) is 10.2 Å². The van der Waals surface area contributed by atoms with E-state index in [0.717, 1.165) is 11.1 Å². The summed E-state index contributed by atoms with van der Waals surface area (Å²) in [4.78, 5) is 10.4. The lowest BCUT2D eigenvalue weighted by Gasteiger charge is -2.24. The van der Waals surface area contributed by atoms with Gasteiger partial charge in [-0.25, -0.2) is 17.9 Å². The van der Waals surface area contributed by atoms with Gasteiger partial charge in [-0.15, -0.1) is 0 Å². The summed E-state index contributed by atoms with van der Waals surface area (Å²) in [5, 5.41) is 22.5. The van der Waals surface area contributed by atoms with Gasteiger partial charge in [-0.2, -0.15) is 5.10 Å². The Balaban J connectivity index is 1.73. The number of rotatable bonds is 5. The molecule has 0 saturated heterocycles. The fourth-order valence-corrected chi connectivity index (χ4v) is 3.95. The van der Waals surface area contributed by atoms with Gasteiger partial charge in [0.15, 0.2) is 0 Å². The predicted molar refractivity (Wildman–Crippen MR) is 114 cm³/mol. The molecule has 3 aromatic carbocycles. The summed E-state index contributed by atoms with van der Waals surface area (Å²) in [5.41, 5.74) is 2.84. The molecule has 0 bridgehead atoms. The molecule has 1 aliphatic rings. The Hall–Kier alpha value is -3.63. The molecule has 1 atom stereocenters. The predicted octanol–water partition coefficient (Wildman–Crippen LogP) is 3.74. The smallest absolute Gasteiger partial charge is 0.258 e. The van der Waals surface area contributed by atoms with Crippen LogP contribution in [0, 0.1) is 15.9 Å². The lowest BCUT2D eigenvalue weighted by atomic mass is 9.98. The molecular weight excluding hydrogens is 423 g/mol. The van der Waals surface area contributed by atoms with E-state index in [1.165, 1.54) is 36.4 Å². The summed E-state index contributed by atoms with van der Waals surface area (Å²) in [7, 11) is -3.83. The van der Waals surface area contributed by atoms with Gasteiger partial charge >= 0.3 is 0 Å². The fourth-order valence-electron chi connectivity index (χ4n) is 3.43. The van der Waals surface area contributed by atoms with Crippen molar-refractivity contribution in [3.63, 3.8) is 0 Å². The van der Waals surface area contributed by atoms with E-state index in [9.17, 15) is 22.9 Å². The minimum Gasteiger partial charge on any atom is -0.258 e. The van der Waals surface area contributed by atoms with Gasteiger partial charge in [0.25, 0.3) is 5.69 Å². The van der Waals surface area contributed by atoms with Crippen LogP contribution in [0.4, 0.5) is 15.8 Å². The van der Waals surface area contributed by atoms with Crippen LogP contribution in [0.2, 0.25) is 0 Å². The lowest BCUT2D eigenvalue weighted by Crippen LogP contribution is -2.19. The fraction of sp³-hybridized carbons (Fsp3) is 0.0952. The van der Waals surface area contributed by atoms with Gasteiger partial charge < -0.3 is 0 Å². The van der Waals surface area contributed by atoms with Crippen LogP contribution < -0.4 is 10.1 Å². The number of non-ortho nitro benzene ring substituents is 1. The topological polar surface area (TPSA) is 119 Å². The Kier molecular flexibility index (Phi) is 5.25. The summed E-state index contributed by atoms with van der Waals surface area (Å²) < 4.78 is 36.5. The molecule has 31 heavy (non-hydrogen) atoms. The van der Waals surface area contributed by atoms with Crippen molar-refractivity contribution in [3.8, 4) is 0 Å². The second-order valence-corrected chi connectivity index (χ2v) is 8.57. The second kappa shape index (κ2) is 7.89. The number of primary sulfonamides is 1. The minimum absolute atomic E-state index is 0.0200. The highest BCUT2D eigenvalue weighted by atomic mass is 32.2. The summed E-state index contributed by atoms with van der Waals surface area (Å²) >= 11 is 0. The van der Waals surface area contributed by atoms with Crippen LogP contribution >= 0.6 is 0 Å². The molecular formula is C21H17FN4O4S. The number of anilines is 1. The van der Waals surface area contributed by atoms with E-state index in [4.69, 9.17) is 5.14 Å². The van der Waals surface area contributed by atoms with E-state index in [2.05, 4.69) is 5.10 Å². The van der Waals surface area contributed by atoms with Gasteiger partial charge in [-0.05, 0) is 59.7 Å². The van der Waals surface area contributed by atoms with Crippen LogP contribution in [0.15, 0.2) is 82.8 Å². The van der Waals surface area contributed by atoms with Crippen LogP contribution in [-0.4, -0.2) is 19.1 Å². The molecule has 10 heteroatoms. The molecule has 0 fully saturated rings. The van der Waals surface area contributed by atoms with Crippen LogP contribution in [0.1, 0.15) is 23.6 Å². The Morgan fingerprint density at radius 2 is 1.61 bits per heavy atom. The monoisotopic (exact) mass is 440 g/mol. The van der Waals surface area contributed by atoms with Crippen molar-refractivity contribution in [1.82, 2.24) is 0 Å². The first-order valence-electron chi connectivity index (χ1n) is 9.22. The molecule has 0 radical (unpaired) electrons. The largest absolute Gasteiger partial charge is 0.269 e. The number of nitrogens with zero attached hydrogens (tertiary/aromatic N) is 3. The molecule has 8 nitrogen and oxygen atoms in total. The second-order valence-electron chi connectivity index (χ2n) is 7.01. The van der Waals surface area contributed by atoms with E-state index in [-0.39, 0.29) is 22.4 Å². The van der Waals surface area contributed by atoms with Crippen molar-refractivity contribution >= 4 is 27.1 Å². The summed E-state index contributed by atoms with van der Waals surface area (Å²) in [6.07, 6.45) is 0.473. The van der Waals surface area contributed by atoms with Gasteiger partial charge in [0.2, 0.25) is 10.0 Å². The van der Waals surface area contributed by atoms with Gasteiger partial charge in [-0.3, -0.25) is 15.1 Å². The Labute approximate surface area is 177 Å². The van der Waals surface area contributed by atoms with Crippen LogP contribution in [0.5, 0.6) is 0 Å². The molecule has 4 rings (SSSR count). The maximum atomic E-state index is 13.4. The van der Waals surface area contributed by atoms with Gasteiger partial charge in [0.05, 0.1) is 27.3 Å². The number of hydrazone groups is 1. The molecule has 0 aliphatic carbocycles. The zero-order valence-corrected chi connectivity index (χ0v) is 16.9. The SMILES string of the molecule is NS(=O)(=O)c1ccc(N2N=C(c3ccc([N+](=O)[O-])cc3)CC2c2ccc(F)cc2)cc1. The number of nitro benzene ring substituents is 1. The maximum absolute atomic E-state index is 13.4. The van der Waals surface area contributed by atoms with Crippen molar-refractivity contribution < 1.29 is 17.7 Å². The molecule has 0 spiro atoms. The normalized spacial score (nSPS) is 16.3. The van der Waals surface area contributed by atoms with Crippen LogP contribution in [0.25, 0.3) is 0 Å². The molecule has 2 N–H and O–H groups in total. The van der Waals surface area contributed by atoms with Gasteiger partial charge in [0, 0.05) is 18.6 Å². The number of sulfonamides is 1.